The smallest absolute Gasteiger partial charge is 0.326 e. The standard InChI is InChI=1S/C19H22N4O2/c1-25-16-6-9-20-14(12-16)13-22-10-7-15(8-11-22)23-18-5-3-2-4-17(18)21-19(23)24/h2-6,9,12,15H,7-8,10-11,13H2,1H3,(H,21,24). The average molecular weight is 338 g/mol. The van der Waals surface area contributed by atoms with Crippen molar-refractivity contribution in [3.63, 3.8) is 0 Å². The van der Waals surface area contributed by atoms with Crippen molar-refractivity contribution in [2.75, 3.05) is 20.2 Å². The van der Waals surface area contributed by atoms with Crippen LogP contribution in [-0.2, 0) is 6.54 Å². The molecule has 1 aliphatic rings. The van der Waals surface area contributed by atoms with Gasteiger partial charge in [-0.2, -0.15) is 0 Å². The summed E-state index contributed by atoms with van der Waals surface area (Å²) in [7, 11) is 1.67. The number of aromatic amines is 1. The second kappa shape index (κ2) is 6.72. The van der Waals surface area contributed by atoms with Crippen molar-refractivity contribution in [2.45, 2.75) is 25.4 Å². The van der Waals surface area contributed by atoms with E-state index < -0.39 is 0 Å². The number of benzene rings is 1. The molecule has 0 spiro atoms. The summed E-state index contributed by atoms with van der Waals surface area (Å²) in [5, 5.41) is 0. The number of H-pyrrole nitrogens is 1. The van der Waals surface area contributed by atoms with Crippen LogP contribution in [0.2, 0.25) is 0 Å². The van der Waals surface area contributed by atoms with E-state index in [9.17, 15) is 4.79 Å². The Labute approximate surface area is 146 Å². The molecular formula is C19H22N4O2. The van der Waals surface area contributed by atoms with Crippen molar-refractivity contribution in [3.8, 4) is 5.75 Å². The van der Waals surface area contributed by atoms with Crippen molar-refractivity contribution < 1.29 is 4.74 Å². The summed E-state index contributed by atoms with van der Waals surface area (Å²) in [5.41, 5.74) is 2.92. The van der Waals surface area contributed by atoms with Gasteiger partial charge >= 0.3 is 5.69 Å². The lowest BCUT2D eigenvalue weighted by molar-refractivity contribution is 0.178. The molecule has 130 valence electrons. The number of hydrogen-bond acceptors (Lipinski definition) is 4. The van der Waals surface area contributed by atoms with Gasteiger partial charge in [-0.1, -0.05) is 12.1 Å². The largest absolute Gasteiger partial charge is 0.497 e. The van der Waals surface area contributed by atoms with E-state index in [0.29, 0.717) is 0 Å². The van der Waals surface area contributed by atoms with E-state index in [1.54, 1.807) is 13.3 Å². The molecule has 1 saturated heterocycles. The van der Waals surface area contributed by atoms with Crippen LogP contribution in [0.25, 0.3) is 11.0 Å². The van der Waals surface area contributed by atoms with Gasteiger partial charge in [0.15, 0.2) is 0 Å². The van der Waals surface area contributed by atoms with E-state index >= 15 is 0 Å². The molecule has 6 nitrogen and oxygen atoms in total. The summed E-state index contributed by atoms with van der Waals surface area (Å²) in [5.74, 6) is 0.838. The highest BCUT2D eigenvalue weighted by molar-refractivity contribution is 5.75. The summed E-state index contributed by atoms with van der Waals surface area (Å²) in [6.45, 7) is 2.72. The molecule has 1 N–H and O–H groups in total. The molecule has 0 bridgehead atoms. The van der Waals surface area contributed by atoms with Crippen LogP contribution < -0.4 is 10.4 Å². The van der Waals surface area contributed by atoms with Crippen molar-refractivity contribution >= 4 is 11.0 Å². The molecule has 3 heterocycles. The second-order valence-electron chi connectivity index (χ2n) is 6.51. The number of aromatic nitrogens is 3. The van der Waals surface area contributed by atoms with Crippen molar-refractivity contribution in [1.82, 2.24) is 19.4 Å². The van der Waals surface area contributed by atoms with E-state index in [4.69, 9.17) is 4.74 Å². The first-order chi connectivity index (χ1) is 12.2. The fourth-order valence-corrected chi connectivity index (χ4v) is 3.67. The maximum Gasteiger partial charge on any atom is 0.326 e. The molecular weight excluding hydrogens is 316 g/mol. The molecule has 1 aliphatic heterocycles. The maximum atomic E-state index is 12.4. The summed E-state index contributed by atoms with van der Waals surface area (Å²) in [4.78, 5) is 22.1. The maximum absolute atomic E-state index is 12.4. The first-order valence-corrected chi connectivity index (χ1v) is 8.65. The van der Waals surface area contributed by atoms with Gasteiger partial charge in [0.25, 0.3) is 0 Å². The highest BCUT2D eigenvalue weighted by atomic mass is 16.5. The van der Waals surface area contributed by atoms with E-state index in [2.05, 4.69) is 14.9 Å². The van der Waals surface area contributed by atoms with E-state index in [1.807, 2.05) is 41.0 Å². The number of para-hydroxylation sites is 2. The molecule has 25 heavy (non-hydrogen) atoms. The predicted octanol–water partition coefficient (Wildman–Crippen LogP) is 2.57. The first-order valence-electron chi connectivity index (χ1n) is 8.65. The lowest BCUT2D eigenvalue weighted by atomic mass is 10.0. The minimum Gasteiger partial charge on any atom is -0.497 e. The quantitative estimate of drug-likeness (QED) is 0.794. The lowest BCUT2D eigenvalue weighted by Gasteiger charge is -2.32. The summed E-state index contributed by atoms with van der Waals surface area (Å²) >= 11 is 0. The van der Waals surface area contributed by atoms with Gasteiger partial charge in [-0.15, -0.1) is 0 Å². The minimum atomic E-state index is -0.00545. The third-order valence-electron chi connectivity index (χ3n) is 4.96. The van der Waals surface area contributed by atoms with Crippen LogP contribution in [0.1, 0.15) is 24.6 Å². The van der Waals surface area contributed by atoms with Crippen LogP contribution >= 0.6 is 0 Å². The number of nitrogens with one attached hydrogen (secondary N) is 1. The molecule has 6 heteroatoms. The van der Waals surface area contributed by atoms with Crippen LogP contribution in [-0.4, -0.2) is 39.6 Å². The Morgan fingerprint density at radius 2 is 2.04 bits per heavy atom. The molecule has 0 aliphatic carbocycles. The molecule has 1 aromatic carbocycles. The molecule has 0 radical (unpaired) electrons. The first kappa shape index (κ1) is 15.9. The van der Waals surface area contributed by atoms with Gasteiger partial charge in [0.05, 0.1) is 23.8 Å². The minimum absolute atomic E-state index is 0.00545. The van der Waals surface area contributed by atoms with Crippen LogP contribution in [0.4, 0.5) is 0 Å². The molecule has 4 rings (SSSR count). The predicted molar refractivity (Wildman–Crippen MR) is 96.9 cm³/mol. The number of nitrogens with zero attached hydrogens (tertiary/aromatic N) is 3. The Kier molecular flexibility index (Phi) is 4.28. The lowest BCUT2D eigenvalue weighted by Crippen LogP contribution is -2.36. The Hall–Kier alpha value is -2.60. The van der Waals surface area contributed by atoms with Gasteiger partial charge in [-0.05, 0) is 31.0 Å². The Bertz CT molecular complexity index is 922. The molecule has 0 unspecified atom stereocenters. The number of methoxy groups -OCH3 is 1. The fraction of sp³-hybridized carbons (Fsp3) is 0.368. The number of ether oxygens (including phenoxy) is 1. The van der Waals surface area contributed by atoms with Gasteiger partial charge in [-0.25, -0.2) is 4.79 Å². The Balaban J connectivity index is 1.46. The Morgan fingerprint density at radius 1 is 1.24 bits per heavy atom. The summed E-state index contributed by atoms with van der Waals surface area (Å²) in [6, 6.07) is 12.0. The van der Waals surface area contributed by atoms with Gasteiger partial charge < -0.3 is 9.72 Å². The SMILES string of the molecule is COc1ccnc(CN2CCC(n3c(=O)[nH]c4ccccc43)CC2)c1. The van der Waals surface area contributed by atoms with Crippen LogP contribution in [0.5, 0.6) is 5.75 Å². The average Bonchev–Trinajstić information content (AvgIpc) is 2.98. The van der Waals surface area contributed by atoms with Crippen LogP contribution in [0, 0.1) is 0 Å². The van der Waals surface area contributed by atoms with Crippen LogP contribution in [0.15, 0.2) is 47.4 Å². The van der Waals surface area contributed by atoms with E-state index in [0.717, 1.165) is 55.0 Å². The second-order valence-corrected chi connectivity index (χ2v) is 6.51. The zero-order valence-corrected chi connectivity index (χ0v) is 14.3. The highest BCUT2D eigenvalue weighted by Crippen LogP contribution is 2.25. The number of imidazole rings is 1. The molecule has 0 saturated carbocycles. The zero-order chi connectivity index (χ0) is 17.2. The fourth-order valence-electron chi connectivity index (χ4n) is 3.67. The van der Waals surface area contributed by atoms with Crippen molar-refractivity contribution in [1.29, 1.82) is 0 Å². The molecule has 0 amide bonds. The molecule has 1 fully saturated rings. The molecule has 2 aromatic heterocycles. The van der Waals surface area contributed by atoms with Gasteiger partial charge in [-0.3, -0.25) is 14.5 Å². The van der Waals surface area contributed by atoms with E-state index in [-0.39, 0.29) is 11.7 Å². The number of pyridine rings is 1. The Morgan fingerprint density at radius 3 is 2.84 bits per heavy atom. The van der Waals surface area contributed by atoms with E-state index in [1.165, 1.54) is 0 Å². The monoisotopic (exact) mass is 338 g/mol. The number of piperidine rings is 1. The normalized spacial score (nSPS) is 16.4. The third-order valence-corrected chi connectivity index (χ3v) is 4.96. The van der Waals surface area contributed by atoms with Gasteiger partial charge in [0.1, 0.15) is 5.75 Å². The number of hydrogen-bond donors (Lipinski definition) is 1. The van der Waals surface area contributed by atoms with Crippen molar-refractivity contribution in [3.05, 3.63) is 58.8 Å². The number of rotatable bonds is 4. The number of fused-ring (bicyclic) bond motifs is 1. The van der Waals surface area contributed by atoms with Gasteiger partial charge in [0, 0.05) is 37.9 Å². The molecule has 3 aromatic rings. The van der Waals surface area contributed by atoms with Crippen LogP contribution in [0.3, 0.4) is 0 Å². The van der Waals surface area contributed by atoms with Gasteiger partial charge in [0.2, 0.25) is 0 Å². The topological polar surface area (TPSA) is 63.1 Å². The number of likely N-dealkylation sites (tertiary alicyclic amines) is 1. The summed E-state index contributed by atoms with van der Waals surface area (Å²) < 4.78 is 7.19. The highest BCUT2D eigenvalue weighted by Gasteiger charge is 2.23. The third kappa shape index (κ3) is 3.17. The zero-order valence-electron chi connectivity index (χ0n) is 14.3. The van der Waals surface area contributed by atoms with Crippen molar-refractivity contribution in [2.24, 2.45) is 0 Å². The summed E-state index contributed by atoms with van der Waals surface area (Å²) in [6.07, 6.45) is 3.71. The molecule has 0 atom stereocenters.